The molecule has 47 heavy (non-hydrogen) atoms. The maximum atomic E-state index is 2.54. The Kier molecular flexibility index (Phi) is 6.09. The van der Waals surface area contributed by atoms with E-state index in [2.05, 4.69) is 161 Å². The van der Waals surface area contributed by atoms with Crippen molar-refractivity contribution in [1.29, 1.82) is 0 Å². The Balaban J connectivity index is 1.40. The molecule has 0 amide bonds. The van der Waals surface area contributed by atoms with Crippen LogP contribution in [0.1, 0.15) is 61.8 Å². The predicted molar refractivity (Wildman–Crippen MR) is 205 cm³/mol. The van der Waals surface area contributed by atoms with Crippen molar-refractivity contribution in [2.75, 3.05) is 0 Å². The molecule has 9 rings (SSSR count). The van der Waals surface area contributed by atoms with Crippen molar-refractivity contribution in [3.05, 3.63) is 138 Å². The molecule has 0 fully saturated rings. The van der Waals surface area contributed by atoms with Gasteiger partial charge in [-0.3, -0.25) is 0 Å². The zero-order chi connectivity index (χ0) is 32.1. The van der Waals surface area contributed by atoms with Crippen molar-refractivity contribution >= 4 is 59.6 Å². The smallest absolute Gasteiger partial charge is 0.0620 e. The van der Waals surface area contributed by atoms with Crippen LogP contribution in [0.4, 0.5) is 0 Å². The highest BCUT2D eigenvalue weighted by atomic mass is 14.9. The summed E-state index contributed by atoms with van der Waals surface area (Å²) in [7, 11) is 0. The fraction of sp³-hybridized carbons (Fsp3) is 0.174. The minimum Gasteiger partial charge on any atom is -0.308 e. The summed E-state index contributed by atoms with van der Waals surface area (Å²) in [6, 6.07) is 44.1. The van der Waals surface area contributed by atoms with Gasteiger partial charge >= 0.3 is 0 Å². The maximum absolute atomic E-state index is 2.54. The number of nitrogens with zero attached hydrogens (tertiary/aromatic N) is 1. The first-order valence-electron chi connectivity index (χ1n) is 17.1. The van der Waals surface area contributed by atoms with Crippen LogP contribution in [0.15, 0.2) is 115 Å². The third kappa shape index (κ3) is 4.22. The molecule has 228 valence electrons. The van der Waals surface area contributed by atoms with E-state index in [1.165, 1.54) is 104 Å². The topological polar surface area (TPSA) is 4.41 Å². The van der Waals surface area contributed by atoms with Crippen LogP contribution in [0.5, 0.6) is 0 Å². The molecule has 0 aliphatic heterocycles. The Morgan fingerprint density at radius 2 is 0.936 bits per heavy atom. The Bertz CT molecular complexity index is 2530. The number of benzene rings is 7. The van der Waals surface area contributed by atoms with E-state index in [0.717, 1.165) is 0 Å². The van der Waals surface area contributed by atoms with Gasteiger partial charge in [0.15, 0.2) is 0 Å². The van der Waals surface area contributed by atoms with Gasteiger partial charge in [-0.25, -0.2) is 0 Å². The minimum atomic E-state index is 0.495. The summed E-state index contributed by atoms with van der Waals surface area (Å²) in [4.78, 5) is 0. The van der Waals surface area contributed by atoms with Crippen molar-refractivity contribution in [1.82, 2.24) is 4.40 Å². The zero-order valence-corrected chi connectivity index (χ0v) is 28.1. The SMILES string of the molecule is Cc1cc(-c2ccccc2)cc(C)c1-c1cc2c3cc4cc(C(C)C)ccc4cc3n3c4cc5ccc(C(C)C)cc5cc4c(c1)c23. The number of aromatic nitrogens is 1. The first-order chi connectivity index (χ1) is 22.7. The highest BCUT2D eigenvalue weighted by molar-refractivity contribution is 6.27. The van der Waals surface area contributed by atoms with Crippen LogP contribution in [0.3, 0.4) is 0 Å². The number of hydrogen-bond acceptors (Lipinski definition) is 0. The second-order valence-corrected chi connectivity index (χ2v) is 14.4. The molecule has 9 aromatic rings. The van der Waals surface area contributed by atoms with Gasteiger partial charge in [-0.1, -0.05) is 107 Å². The summed E-state index contributed by atoms with van der Waals surface area (Å²) in [6.45, 7) is 13.7. The fourth-order valence-corrected chi connectivity index (χ4v) is 8.15. The molecule has 0 unspecified atom stereocenters. The normalized spacial score (nSPS) is 12.4. The van der Waals surface area contributed by atoms with Gasteiger partial charge < -0.3 is 4.40 Å². The van der Waals surface area contributed by atoms with Crippen LogP contribution in [-0.4, -0.2) is 4.40 Å². The lowest BCUT2D eigenvalue weighted by molar-refractivity contribution is 0.869. The molecule has 0 bridgehead atoms. The highest BCUT2D eigenvalue weighted by Gasteiger charge is 2.21. The van der Waals surface area contributed by atoms with Gasteiger partial charge in [-0.2, -0.15) is 0 Å². The summed E-state index contributed by atoms with van der Waals surface area (Å²) < 4.78 is 2.54. The summed E-state index contributed by atoms with van der Waals surface area (Å²) in [5.74, 6) is 0.990. The molecule has 1 nitrogen and oxygen atoms in total. The lowest BCUT2D eigenvalue weighted by Crippen LogP contribution is -1.91. The molecular weight excluding hydrogens is 567 g/mol. The third-order valence-electron chi connectivity index (χ3n) is 10.6. The van der Waals surface area contributed by atoms with Crippen LogP contribution in [0.25, 0.3) is 81.9 Å². The highest BCUT2D eigenvalue weighted by Crippen LogP contribution is 2.45. The Morgan fingerprint density at radius 1 is 0.426 bits per heavy atom. The third-order valence-corrected chi connectivity index (χ3v) is 10.6. The van der Waals surface area contributed by atoms with E-state index >= 15 is 0 Å². The van der Waals surface area contributed by atoms with Crippen LogP contribution >= 0.6 is 0 Å². The standard InChI is InChI=1S/C46H39N/c1-26(2)31-12-14-33-24-43-39(20-36(33)18-31)41-22-38(45-28(5)16-35(17-29(45)6)30-10-8-7-9-11-30)23-42-40-21-37-19-32(27(3)4)13-15-34(37)25-44(40)47(43)46(41)42/h7-27H,1-6H3. The molecule has 0 aliphatic rings. The van der Waals surface area contributed by atoms with E-state index in [4.69, 9.17) is 0 Å². The van der Waals surface area contributed by atoms with Crippen molar-refractivity contribution in [2.24, 2.45) is 0 Å². The molecule has 0 N–H and O–H groups in total. The molecule has 1 heteroatoms. The first kappa shape index (κ1) is 28.1. The number of aryl methyl sites for hydroxylation is 2. The van der Waals surface area contributed by atoms with Gasteiger partial charge in [0.1, 0.15) is 0 Å². The van der Waals surface area contributed by atoms with Crippen molar-refractivity contribution in [3.8, 4) is 22.3 Å². The van der Waals surface area contributed by atoms with E-state index in [0.29, 0.717) is 11.8 Å². The number of hydrogen-bond donors (Lipinski definition) is 0. The molecule has 2 heterocycles. The van der Waals surface area contributed by atoms with E-state index in [9.17, 15) is 0 Å². The Hall–Kier alpha value is -5.14. The van der Waals surface area contributed by atoms with Crippen molar-refractivity contribution in [2.45, 2.75) is 53.4 Å². The largest absolute Gasteiger partial charge is 0.308 e. The van der Waals surface area contributed by atoms with Crippen LogP contribution in [0.2, 0.25) is 0 Å². The quantitative estimate of drug-likeness (QED) is 0.188. The van der Waals surface area contributed by atoms with Crippen LogP contribution in [-0.2, 0) is 0 Å². The Morgan fingerprint density at radius 3 is 1.43 bits per heavy atom. The van der Waals surface area contributed by atoms with Crippen molar-refractivity contribution in [3.63, 3.8) is 0 Å². The molecule has 2 aromatic heterocycles. The molecule has 0 saturated carbocycles. The maximum Gasteiger partial charge on any atom is 0.0620 e. The van der Waals surface area contributed by atoms with Crippen LogP contribution in [0, 0.1) is 13.8 Å². The van der Waals surface area contributed by atoms with Gasteiger partial charge in [-0.15, -0.1) is 0 Å². The summed E-state index contributed by atoms with van der Waals surface area (Å²) in [6.07, 6.45) is 0. The molecule has 0 saturated heterocycles. The van der Waals surface area contributed by atoms with Gasteiger partial charge in [-0.05, 0) is 128 Å². The van der Waals surface area contributed by atoms with Gasteiger partial charge in [0.05, 0.1) is 16.6 Å². The van der Waals surface area contributed by atoms with Crippen LogP contribution < -0.4 is 0 Å². The summed E-state index contributed by atoms with van der Waals surface area (Å²) in [5, 5.41) is 10.5. The predicted octanol–water partition coefficient (Wildman–Crippen LogP) is 13.3. The van der Waals surface area contributed by atoms with Gasteiger partial charge in [0.25, 0.3) is 0 Å². The second-order valence-electron chi connectivity index (χ2n) is 14.4. The molecule has 0 atom stereocenters. The van der Waals surface area contributed by atoms with E-state index in [-0.39, 0.29) is 0 Å². The lowest BCUT2D eigenvalue weighted by Gasteiger charge is -2.14. The number of rotatable bonds is 4. The molecule has 7 aromatic carbocycles. The summed E-state index contributed by atoms with van der Waals surface area (Å²) in [5.41, 5.74) is 14.5. The second kappa shape index (κ2) is 10.2. The fourth-order valence-electron chi connectivity index (χ4n) is 8.15. The van der Waals surface area contributed by atoms with E-state index in [1.54, 1.807) is 0 Å². The minimum absolute atomic E-state index is 0.495. The van der Waals surface area contributed by atoms with E-state index < -0.39 is 0 Å². The lowest BCUT2D eigenvalue weighted by atomic mass is 9.89. The van der Waals surface area contributed by atoms with E-state index in [1.807, 2.05) is 0 Å². The van der Waals surface area contributed by atoms with Crippen molar-refractivity contribution < 1.29 is 0 Å². The molecule has 0 radical (unpaired) electrons. The number of fused-ring (bicyclic) bond motifs is 8. The average molecular weight is 606 g/mol. The molecule has 0 aliphatic carbocycles. The Labute approximate surface area is 276 Å². The monoisotopic (exact) mass is 605 g/mol. The van der Waals surface area contributed by atoms with Gasteiger partial charge in [0.2, 0.25) is 0 Å². The molecule has 0 spiro atoms. The first-order valence-corrected chi connectivity index (χ1v) is 17.1. The average Bonchev–Trinajstić information content (AvgIpc) is 3.56. The zero-order valence-electron chi connectivity index (χ0n) is 28.1. The van der Waals surface area contributed by atoms with Gasteiger partial charge in [0, 0.05) is 21.5 Å². The summed E-state index contributed by atoms with van der Waals surface area (Å²) >= 11 is 0. The molecular formula is C46H39N.